The summed E-state index contributed by atoms with van der Waals surface area (Å²) < 4.78 is 44.4. The highest BCUT2D eigenvalue weighted by Crippen LogP contribution is 2.38. The van der Waals surface area contributed by atoms with Gasteiger partial charge < -0.3 is 15.8 Å². The van der Waals surface area contributed by atoms with E-state index in [0.29, 0.717) is 24.7 Å². The summed E-state index contributed by atoms with van der Waals surface area (Å²) in [6.45, 7) is 0.767. The summed E-state index contributed by atoms with van der Waals surface area (Å²) in [7, 11) is 1.61. The molecule has 3 heterocycles. The Labute approximate surface area is 190 Å². The van der Waals surface area contributed by atoms with Crippen molar-refractivity contribution in [3.63, 3.8) is 0 Å². The monoisotopic (exact) mass is 479 g/mol. The molecule has 168 valence electrons. The Kier molecular flexibility index (Phi) is 6.70. The zero-order chi connectivity index (χ0) is 22.7. The molecule has 6 nitrogen and oxygen atoms in total. The van der Waals surface area contributed by atoms with Crippen LogP contribution in [0, 0.1) is 0 Å². The number of nitrogens with two attached hydrogens (primary N) is 1. The van der Waals surface area contributed by atoms with Crippen LogP contribution in [0.25, 0.3) is 20.1 Å². The third-order valence-electron chi connectivity index (χ3n) is 4.66. The quantitative estimate of drug-likeness (QED) is 0.371. The van der Waals surface area contributed by atoms with Gasteiger partial charge in [0.25, 0.3) is 0 Å². The molecule has 32 heavy (non-hydrogen) atoms. The van der Waals surface area contributed by atoms with Crippen LogP contribution in [-0.2, 0) is 23.9 Å². The van der Waals surface area contributed by atoms with Crippen molar-refractivity contribution in [2.75, 3.05) is 19.0 Å². The average molecular weight is 480 g/mol. The lowest BCUT2D eigenvalue weighted by Crippen LogP contribution is -2.31. The van der Waals surface area contributed by atoms with Crippen molar-refractivity contribution >= 4 is 38.0 Å². The van der Waals surface area contributed by atoms with E-state index in [-0.39, 0.29) is 6.04 Å². The Bertz CT molecular complexity index is 1160. The number of fused-ring (bicyclic) bond motifs is 1. The highest BCUT2D eigenvalue weighted by Gasteiger charge is 2.30. The molecule has 0 aliphatic carbocycles. The van der Waals surface area contributed by atoms with E-state index in [2.05, 4.69) is 20.3 Å². The summed E-state index contributed by atoms with van der Waals surface area (Å²) in [6.07, 6.45) is -0.407. The number of hydrogen-bond donors (Lipinski definition) is 2. The third kappa shape index (κ3) is 5.23. The largest absolute Gasteiger partial charge is 0.416 e. The minimum Gasteiger partial charge on any atom is -0.378 e. The first kappa shape index (κ1) is 22.6. The fourth-order valence-electron chi connectivity index (χ4n) is 3.13. The van der Waals surface area contributed by atoms with Crippen LogP contribution in [0.1, 0.15) is 16.8 Å². The molecule has 0 spiro atoms. The van der Waals surface area contributed by atoms with Gasteiger partial charge in [0.2, 0.25) is 0 Å². The van der Waals surface area contributed by atoms with Gasteiger partial charge in [-0.05, 0) is 30.2 Å². The van der Waals surface area contributed by atoms with E-state index in [1.54, 1.807) is 30.8 Å². The first-order chi connectivity index (χ1) is 15.3. The van der Waals surface area contributed by atoms with Crippen LogP contribution in [0.4, 0.5) is 18.3 Å². The second kappa shape index (κ2) is 9.49. The molecule has 11 heteroatoms. The minimum absolute atomic E-state index is 0.293. The number of nitrogens with one attached hydrogen (secondary N) is 1. The standard InChI is InChI=1S/C21H20F3N5OS2/c1-30-11-16-18(19-28-15-6-7-26-10-17(15)31-19)32-20(29-16)27-9-14(25)8-12-2-4-13(5-3-12)21(22,23)24/h2-7,10,14H,8-9,11,25H2,1H3,(H,27,29). The second-order valence-electron chi connectivity index (χ2n) is 7.13. The summed E-state index contributed by atoms with van der Waals surface area (Å²) in [5.74, 6) is 0. The highest BCUT2D eigenvalue weighted by molar-refractivity contribution is 7.26. The van der Waals surface area contributed by atoms with Gasteiger partial charge >= 0.3 is 6.18 Å². The maximum absolute atomic E-state index is 12.7. The van der Waals surface area contributed by atoms with Gasteiger partial charge in [0, 0.05) is 32.1 Å². The molecule has 0 amide bonds. The number of alkyl halides is 3. The Hall–Kier alpha value is -2.60. The van der Waals surface area contributed by atoms with E-state index in [1.807, 2.05) is 6.07 Å². The van der Waals surface area contributed by atoms with Gasteiger partial charge in [-0.15, -0.1) is 11.3 Å². The van der Waals surface area contributed by atoms with Crippen molar-refractivity contribution in [3.05, 3.63) is 59.5 Å². The van der Waals surface area contributed by atoms with E-state index >= 15 is 0 Å². The predicted molar refractivity (Wildman–Crippen MR) is 121 cm³/mol. The number of ether oxygens (including phenoxy) is 1. The molecule has 0 aliphatic rings. The van der Waals surface area contributed by atoms with Crippen molar-refractivity contribution in [3.8, 4) is 9.88 Å². The summed E-state index contributed by atoms with van der Waals surface area (Å²) in [5, 5.41) is 4.77. The number of hydrogen-bond acceptors (Lipinski definition) is 8. The average Bonchev–Trinajstić information content (AvgIpc) is 3.36. The van der Waals surface area contributed by atoms with Crippen molar-refractivity contribution in [1.29, 1.82) is 0 Å². The van der Waals surface area contributed by atoms with Gasteiger partial charge in [0.05, 0.1) is 33.0 Å². The first-order valence-electron chi connectivity index (χ1n) is 9.68. The van der Waals surface area contributed by atoms with E-state index in [4.69, 9.17) is 10.5 Å². The molecule has 0 aliphatic heterocycles. The number of halogens is 3. The molecule has 1 unspecified atom stereocenters. The van der Waals surface area contributed by atoms with Crippen LogP contribution in [0.3, 0.4) is 0 Å². The summed E-state index contributed by atoms with van der Waals surface area (Å²) in [4.78, 5) is 14.4. The summed E-state index contributed by atoms with van der Waals surface area (Å²) in [5.41, 5.74) is 7.93. The van der Waals surface area contributed by atoms with E-state index in [0.717, 1.165) is 43.5 Å². The van der Waals surface area contributed by atoms with E-state index in [1.165, 1.54) is 23.5 Å². The molecule has 0 saturated carbocycles. The van der Waals surface area contributed by atoms with Crippen LogP contribution in [0.2, 0.25) is 0 Å². The van der Waals surface area contributed by atoms with Crippen molar-refractivity contribution in [2.24, 2.45) is 5.73 Å². The van der Waals surface area contributed by atoms with Gasteiger partial charge in [-0.2, -0.15) is 13.2 Å². The normalized spacial score (nSPS) is 12.9. The Balaban J connectivity index is 1.43. The van der Waals surface area contributed by atoms with Gasteiger partial charge in [0.15, 0.2) is 5.13 Å². The van der Waals surface area contributed by atoms with Crippen LogP contribution in [0.15, 0.2) is 42.7 Å². The first-order valence-corrected chi connectivity index (χ1v) is 11.3. The van der Waals surface area contributed by atoms with E-state index in [9.17, 15) is 13.2 Å². The maximum atomic E-state index is 12.7. The lowest BCUT2D eigenvalue weighted by atomic mass is 10.0. The summed E-state index contributed by atoms with van der Waals surface area (Å²) in [6, 6.07) is 6.65. The number of methoxy groups -OCH3 is 1. The molecular weight excluding hydrogens is 459 g/mol. The van der Waals surface area contributed by atoms with Crippen LogP contribution in [-0.4, -0.2) is 34.6 Å². The van der Waals surface area contributed by atoms with Gasteiger partial charge in [-0.3, -0.25) is 4.98 Å². The number of aromatic nitrogens is 3. The SMILES string of the molecule is COCc1nc(NCC(N)Cc2ccc(C(F)(F)F)cc2)sc1-c1nc2ccncc2s1. The van der Waals surface area contributed by atoms with Crippen LogP contribution in [0.5, 0.6) is 0 Å². The van der Waals surface area contributed by atoms with Gasteiger partial charge in [-0.25, -0.2) is 9.97 Å². The molecule has 3 N–H and O–H groups in total. The maximum Gasteiger partial charge on any atom is 0.416 e. The number of anilines is 1. The van der Waals surface area contributed by atoms with Gasteiger partial charge in [0.1, 0.15) is 5.01 Å². The molecule has 1 aromatic carbocycles. The highest BCUT2D eigenvalue weighted by atomic mass is 32.1. The zero-order valence-electron chi connectivity index (χ0n) is 17.0. The lowest BCUT2D eigenvalue weighted by molar-refractivity contribution is -0.137. The van der Waals surface area contributed by atoms with Crippen LogP contribution >= 0.6 is 22.7 Å². The Morgan fingerprint density at radius 2 is 1.91 bits per heavy atom. The molecular formula is C21H20F3N5OS2. The number of thiazole rings is 2. The Morgan fingerprint density at radius 1 is 1.12 bits per heavy atom. The molecule has 4 rings (SSSR count). The molecule has 0 saturated heterocycles. The predicted octanol–water partition coefficient (Wildman–Crippen LogP) is 4.96. The number of rotatable bonds is 8. The zero-order valence-corrected chi connectivity index (χ0v) is 18.7. The molecule has 0 fully saturated rings. The van der Waals surface area contributed by atoms with Crippen molar-refractivity contribution < 1.29 is 17.9 Å². The molecule has 4 aromatic rings. The lowest BCUT2D eigenvalue weighted by Gasteiger charge is -2.13. The number of nitrogens with zero attached hydrogens (tertiary/aromatic N) is 3. The number of pyridine rings is 1. The van der Waals surface area contributed by atoms with Gasteiger partial charge in [-0.1, -0.05) is 23.5 Å². The smallest absolute Gasteiger partial charge is 0.378 e. The van der Waals surface area contributed by atoms with E-state index < -0.39 is 11.7 Å². The molecule has 3 aromatic heterocycles. The van der Waals surface area contributed by atoms with Crippen molar-refractivity contribution in [2.45, 2.75) is 25.2 Å². The fourth-order valence-corrected chi connectivity index (χ4v) is 5.13. The Morgan fingerprint density at radius 3 is 2.59 bits per heavy atom. The third-order valence-corrected chi connectivity index (χ3v) is 6.87. The molecule has 0 radical (unpaired) electrons. The topological polar surface area (TPSA) is 86.0 Å². The summed E-state index contributed by atoms with van der Waals surface area (Å²) >= 11 is 3.01. The second-order valence-corrected chi connectivity index (χ2v) is 9.16. The molecule has 0 bridgehead atoms. The number of benzene rings is 1. The van der Waals surface area contributed by atoms with Crippen LogP contribution < -0.4 is 11.1 Å². The molecule has 1 atom stereocenters. The fraction of sp³-hybridized carbons (Fsp3) is 0.286. The minimum atomic E-state index is -4.34. The van der Waals surface area contributed by atoms with Crippen molar-refractivity contribution in [1.82, 2.24) is 15.0 Å².